The van der Waals surface area contributed by atoms with Gasteiger partial charge in [-0.1, -0.05) is 12.1 Å². The number of carbonyl (C=O) groups is 1. The second kappa shape index (κ2) is 4.72. The molecular formula is C13H16BNO4. The Hall–Kier alpha value is -1.79. The van der Waals surface area contributed by atoms with Gasteiger partial charge in [-0.25, -0.2) is 4.79 Å². The minimum absolute atomic E-state index is 0.457. The molecule has 0 spiro atoms. The molecule has 0 saturated heterocycles. The van der Waals surface area contributed by atoms with Gasteiger partial charge in [-0.15, -0.1) is 0 Å². The smallest absolute Gasteiger partial charge is 0.464 e. The average Bonchev–Trinajstić information content (AvgIpc) is 2.68. The van der Waals surface area contributed by atoms with Crippen LogP contribution >= 0.6 is 0 Å². The van der Waals surface area contributed by atoms with Crippen LogP contribution in [0.15, 0.2) is 30.5 Å². The van der Waals surface area contributed by atoms with Gasteiger partial charge in [0.05, 0.1) is 5.52 Å². The Balaban J connectivity index is 2.35. The number of benzene rings is 1. The molecule has 0 amide bonds. The predicted octanol–water partition coefficient (Wildman–Crippen LogP) is 1.67. The summed E-state index contributed by atoms with van der Waals surface area (Å²) in [4.78, 5) is 11.0. The third-order valence-corrected chi connectivity index (χ3v) is 2.67. The summed E-state index contributed by atoms with van der Waals surface area (Å²) in [7, 11) is -1.03. The molecule has 0 aliphatic carbocycles. The number of rotatable bonds is 2. The van der Waals surface area contributed by atoms with Gasteiger partial charge < -0.3 is 14.8 Å². The molecule has 100 valence electrons. The van der Waals surface area contributed by atoms with E-state index in [0.29, 0.717) is 11.0 Å². The van der Waals surface area contributed by atoms with E-state index in [4.69, 9.17) is 9.76 Å². The lowest BCUT2D eigenvalue weighted by atomic mass is 9.78. The van der Waals surface area contributed by atoms with Gasteiger partial charge in [-0.05, 0) is 43.8 Å². The molecule has 19 heavy (non-hydrogen) atoms. The number of hydrogen-bond donors (Lipinski definition) is 2. The molecular weight excluding hydrogens is 245 g/mol. The van der Waals surface area contributed by atoms with Crippen molar-refractivity contribution in [1.82, 2.24) is 4.57 Å². The van der Waals surface area contributed by atoms with E-state index in [1.54, 1.807) is 24.3 Å². The van der Waals surface area contributed by atoms with Crippen molar-refractivity contribution in [2.24, 2.45) is 0 Å². The van der Waals surface area contributed by atoms with Crippen LogP contribution < -0.4 is 5.46 Å². The monoisotopic (exact) mass is 261 g/mol. The molecule has 2 N–H and O–H groups in total. The molecule has 0 aliphatic heterocycles. The highest BCUT2D eigenvalue weighted by molar-refractivity contribution is 6.60. The van der Waals surface area contributed by atoms with Crippen molar-refractivity contribution in [2.75, 3.05) is 0 Å². The van der Waals surface area contributed by atoms with Crippen molar-refractivity contribution in [1.29, 1.82) is 0 Å². The van der Waals surface area contributed by atoms with E-state index in [0.717, 1.165) is 9.95 Å². The van der Waals surface area contributed by atoms with Gasteiger partial charge >= 0.3 is 13.2 Å². The zero-order valence-corrected chi connectivity index (χ0v) is 11.1. The first kappa shape index (κ1) is 13.6. The Morgan fingerprint density at radius 3 is 2.58 bits per heavy atom. The van der Waals surface area contributed by atoms with Crippen molar-refractivity contribution in [2.45, 2.75) is 26.4 Å². The quantitative estimate of drug-likeness (QED) is 0.806. The third kappa shape index (κ3) is 2.97. The molecule has 0 atom stereocenters. The molecule has 0 radical (unpaired) electrons. The van der Waals surface area contributed by atoms with E-state index in [2.05, 4.69) is 0 Å². The second-order valence-corrected chi connectivity index (χ2v) is 5.37. The second-order valence-electron chi connectivity index (χ2n) is 5.37. The highest BCUT2D eigenvalue weighted by Gasteiger charge is 2.24. The minimum Gasteiger partial charge on any atom is -0.464 e. The van der Waals surface area contributed by atoms with Crippen molar-refractivity contribution >= 4 is 29.6 Å². The average molecular weight is 261 g/mol. The van der Waals surface area contributed by atoms with Crippen LogP contribution in [0.5, 0.6) is 0 Å². The summed E-state index contributed by atoms with van der Waals surface area (Å²) in [5.41, 5.74) is 0.728. The SMILES string of the molecule is CC(C)(C)OB(O)c1ccc2c(ccn2C(=O)O)c1. The summed E-state index contributed by atoms with van der Waals surface area (Å²) in [5, 5.41) is 19.7. The summed E-state index contributed by atoms with van der Waals surface area (Å²) >= 11 is 0. The first-order chi connectivity index (χ1) is 8.78. The lowest BCUT2D eigenvalue weighted by molar-refractivity contribution is 0.107. The lowest BCUT2D eigenvalue weighted by Gasteiger charge is -2.22. The maximum atomic E-state index is 11.0. The number of fused-ring (bicyclic) bond motifs is 1. The molecule has 2 rings (SSSR count). The number of hydrogen-bond acceptors (Lipinski definition) is 3. The van der Waals surface area contributed by atoms with E-state index < -0.39 is 18.8 Å². The Morgan fingerprint density at radius 1 is 1.32 bits per heavy atom. The van der Waals surface area contributed by atoms with Crippen LogP contribution in [0.3, 0.4) is 0 Å². The van der Waals surface area contributed by atoms with Gasteiger partial charge in [-0.2, -0.15) is 0 Å². The fourth-order valence-electron chi connectivity index (χ4n) is 1.88. The molecule has 0 saturated carbocycles. The largest absolute Gasteiger partial charge is 0.491 e. The molecule has 5 nitrogen and oxygen atoms in total. The molecule has 2 aromatic rings. The van der Waals surface area contributed by atoms with Gasteiger partial charge in [0.15, 0.2) is 0 Å². The zero-order chi connectivity index (χ0) is 14.2. The lowest BCUT2D eigenvalue weighted by Crippen LogP contribution is -2.40. The van der Waals surface area contributed by atoms with Crippen LogP contribution in [0.1, 0.15) is 20.8 Å². The fourth-order valence-corrected chi connectivity index (χ4v) is 1.88. The van der Waals surface area contributed by atoms with E-state index in [1.165, 1.54) is 6.20 Å². The molecule has 1 aromatic heterocycles. The Labute approximate surface area is 111 Å². The zero-order valence-electron chi connectivity index (χ0n) is 11.1. The molecule has 0 fully saturated rings. The maximum absolute atomic E-state index is 11.0. The van der Waals surface area contributed by atoms with E-state index >= 15 is 0 Å². The molecule has 1 heterocycles. The van der Waals surface area contributed by atoms with E-state index in [-0.39, 0.29) is 0 Å². The highest BCUT2D eigenvalue weighted by atomic mass is 16.5. The van der Waals surface area contributed by atoms with Gasteiger partial charge in [0.2, 0.25) is 0 Å². The van der Waals surface area contributed by atoms with Crippen molar-refractivity contribution in [3.8, 4) is 0 Å². The standard InChI is InChI=1S/C13H16BNO4/c1-13(2,3)19-14(18)10-4-5-11-9(8-10)6-7-15(11)12(16)17/h4-8,18H,1-3H3,(H,16,17). The van der Waals surface area contributed by atoms with Gasteiger partial charge in [0, 0.05) is 11.8 Å². The number of aromatic nitrogens is 1. The van der Waals surface area contributed by atoms with E-state index in [9.17, 15) is 9.82 Å². The summed E-state index contributed by atoms with van der Waals surface area (Å²) < 4.78 is 6.59. The van der Waals surface area contributed by atoms with Crippen molar-refractivity contribution in [3.05, 3.63) is 30.5 Å². The van der Waals surface area contributed by atoms with Crippen LogP contribution in [-0.2, 0) is 4.65 Å². The van der Waals surface area contributed by atoms with Crippen LogP contribution in [-0.4, -0.2) is 33.5 Å². The molecule has 0 bridgehead atoms. The van der Waals surface area contributed by atoms with Crippen LogP contribution in [0, 0.1) is 0 Å². The molecule has 0 aliphatic rings. The van der Waals surface area contributed by atoms with Gasteiger partial charge in [-0.3, -0.25) is 4.57 Å². The predicted molar refractivity (Wildman–Crippen MR) is 73.8 cm³/mol. The van der Waals surface area contributed by atoms with Gasteiger partial charge in [0.1, 0.15) is 0 Å². The van der Waals surface area contributed by atoms with Crippen LogP contribution in [0.4, 0.5) is 4.79 Å². The Bertz CT molecular complexity index is 615. The van der Waals surface area contributed by atoms with Crippen LogP contribution in [0.2, 0.25) is 0 Å². The fraction of sp³-hybridized carbons (Fsp3) is 0.308. The molecule has 1 aromatic carbocycles. The third-order valence-electron chi connectivity index (χ3n) is 2.67. The highest BCUT2D eigenvalue weighted by Crippen LogP contribution is 2.15. The summed E-state index contributed by atoms with van der Waals surface area (Å²) in [6.45, 7) is 5.57. The summed E-state index contributed by atoms with van der Waals surface area (Å²) in [6.07, 6.45) is 0.447. The topological polar surface area (TPSA) is 71.7 Å². The summed E-state index contributed by atoms with van der Waals surface area (Å²) in [6, 6.07) is 6.74. The first-order valence-corrected chi connectivity index (χ1v) is 5.98. The Morgan fingerprint density at radius 2 is 2.00 bits per heavy atom. The van der Waals surface area contributed by atoms with Gasteiger partial charge in [0.25, 0.3) is 0 Å². The van der Waals surface area contributed by atoms with Crippen molar-refractivity contribution < 1.29 is 19.6 Å². The molecule has 6 heteroatoms. The molecule has 0 unspecified atom stereocenters. The first-order valence-electron chi connectivity index (χ1n) is 5.98. The Kier molecular flexibility index (Phi) is 3.39. The van der Waals surface area contributed by atoms with Crippen LogP contribution in [0.25, 0.3) is 10.9 Å². The normalized spacial score (nSPS) is 11.8. The van der Waals surface area contributed by atoms with Crippen molar-refractivity contribution in [3.63, 3.8) is 0 Å². The number of nitrogens with zero attached hydrogens (tertiary/aromatic N) is 1. The minimum atomic E-state index is -1.03. The maximum Gasteiger partial charge on any atom is 0.491 e. The number of carboxylic acid groups (broad SMARTS) is 1. The van der Waals surface area contributed by atoms with E-state index in [1.807, 2.05) is 20.8 Å². The summed E-state index contributed by atoms with van der Waals surface area (Å²) in [5.74, 6) is 0.